The van der Waals surface area contributed by atoms with E-state index in [0.717, 1.165) is 156 Å². The van der Waals surface area contributed by atoms with Gasteiger partial charge in [-0.2, -0.15) is 121 Å². The maximum atomic E-state index is 10.1. The molecule has 0 fully saturated rings. The van der Waals surface area contributed by atoms with E-state index in [2.05, 4.69) is 59.9 Å². The number of thioether (sulfide) groups is 12. The average Bonchev–Trinajstić information content (AvgIpc) is 3.66. The predicted molar refractivity (Wildman–Crippen MR) is 386 cm³/mol. The van der Waals surface area contributed by atoms with Crippen molar-refractivity contribution in [2.75, 3.05) is 174 Å². The van der Waals surface area contributed by atoms with Gasteiger partial charge >= 0.3 is 0 Å². The molecule has 0 aromatic heterocycles. The van der Waals surface area contributed by atoms with Crippen LogP contribution in [0.15, 0.2) is 59.9 Å². The molecule has 0 radical (unpaired) electrons. The molecule has 36 heteroatoms. The van der Waals surface area contributed by atoms with E-state index >= 15 is 0 Å². The van der Waals surface area contributed by atoms with Crippen LogP contribution in [0.3, 0.4) is 0 Å². The van der Waals surface area contributed by atoms with Crippen molar-refractivity contribution in [3.8, 4) is 0 Å². The molecule has 0 aliphatic rings. The molecule has 0 atom stereocenters. The SMILES string of the molecule is O=C=NCCCCSCC(CSCCCCN=C=O)SCCCCN=C=O.O=C=NCCCSCC(CSCCCN=C=O)SCCCN=C=O.O=C=NCCSCC(CSCCN=C=O)SCCN=C=O.O=C=NCSCC(CSCN=C=O)SCN=C=O. The number of unbranched alkanes of at least 4 members (excludes halogenated alkanes) is 3. The Morgan fingerprint density at radius 3 is 0.756 bits per heavy atom. The maximum Gasteiger partial charge on any atom is 0.235 e. The molecule has 0 aliphatic heterocycles. The molecular formula is C54H80N12O12S12. The number of carbonyl (C=O) groups excluding carboxylic acids is 12. The number of isocyanates is 12. The van der Waals surface area contributed by atoms with Crippen LogP contribution in [0.25, 0.3) is 0 Å². The van der Waals surface area contributed by atoms with E-state index in [4.69, 9.17) is 0 Å². The second-order valence-corrected chi connectivity index (χ2v) is 30.9. The summed E-state index contributed by atoms with van der Waals surface area (Å²) in [5.41, 5.74) is 0. The zero-order chi connectivity index (χ0) is 66.6. The average molecular weight is 1470 g/mol. The first-order valence-electron chi connectivity index (χ1n) is 27.9. The van der Waals surface area contributed by atoms with Crippen molar-refractivity contribution in [2.45, 2.75) is 78.8 Å². The van der Waals surface area contributed by atoms with Crippen molar-refractivity contribution in [1.29, 1.82) is 0 Å². The molecule has 0 aliphatic carbocycles. The van der Waals surface area contributed by atoms with Gasteiger partial charge in [-0.1, -0.05) is 0 Å². The third-order valence-electron chi connectivity index (χ3n) is 9.66. The summed E-state index contributed by atoms with van der Waals surface area (Å²) < 4.78 is 0. The Morgan fingerprint density at radius 2 is 0.411 bits per heavy atom. The van der Waals surface area contributed by atoms with Gasteiger partial charge in [0.05, 0.1) is 76.5 Å². The Balaban J connectivity index is -0.000000553. The number of aliphatic imine (C=N–C) groups is 12. The van der Waals surface area contributed by atoms with E-state index < -0.39 is 0 Å². The fourth-order valence-electron chi connectivity index (χ4n) is 5.66. The van der Waals surface area contributed by atoms with E-state index in [1.807, 2.05) is 70.6 Å². The van der Waals surface area contributed by atoms with Crippen molar-refractivity contribution >= 4 is 214 Å². The third kappa shape index (κ3) is 86.8. The van der Waals surface area contributed by atoms with Gasteiger partial charge in [0.25, 0.3) is 0 Å². The first-order chi connectivity index (χ1) is 44.4. The molecule has 0 saturated carbocycles. The standard InChI is InChI=1S/C18H29N3O3S3.C15H23N3O3S3.C12H17N3O3S3.C9H11N3O3S3/c22-15-19-7-1-4-10-25-13-18(27-12-6-3-9-21-17-24)14-26-11-5-2-8-20-16-23;19-12-16-4-1-7-22-10-15(24-9-3-6-18-14-21)11-23-8-2-5-17-13-20;16-9-13-1-4-19-7-12(21-6-3-15-11-18)8-20-5-2-14-10-17;13-3-10-6-16-1-9(18-8-12-5-15)2-17-7-11-4-14/h18H,1-14H2;15H,1-11H2;12H,1-8H2;9H,1-2,6-8H2. The highest BCUT2D eigenvalue weighted by molar-refractivity contribution is 8.07. The monoisotopic (exact) mass is 1470 g/mol. The zero-order valence-corrected chi connectivity index (χ0v) is 60.1. The smallest absolute Gasteiger partial charge is 0.211 e. The van der Waals surface area contributed by atoms with Gasteiger partial charge in [0.2, 0.25) is 73.0 Å². The minimum Gasteiger partial charge on any atom is -0.211 e. The van der Waals surface area contributed by atoms with Crippen LogP contribution in [0.2, 0.25) is 0 Å². The molecule has 24 nitrogen and oxygen atoms in total. The Bertz CT molecular complexity index is 2220. The van der Waals surface area contributed by atoms with Crippen molar-refractivity contribution in [3.05, 3.63) is 0 Å². The van der Waals surface area contributed by atoms with Gasteiger partial charge in [0.15, 0.2) is 0 Å². The van der Waals surface area contributed by atoms with Crippen molar-refractivity contribution in [1.82, 2.24) is 0 Å². The zero-order valence-electron chi connectivity index (χ0n) is 50.3. The second kappa shape index (κ2) is 90.0. The molecule has 500 valence electrons. The van der Waals surface area contributed by atoms with E-state index in [1.54, 1.807) is 71.8 Å². The van der Waals surface area contributed by atoms with Gasteiger partial charge in [-0.3, -0.25) is 0 Å². The first-order valence-corrected chi connectivity index (χ1v) is 41.3. The summed E-state index contributed by atoms with van der Waals surface area (Å²) in [6.07, 6.45) is 27.0. The molecule has 0 heterocycles. The van der Waals surface area contributed by atoms with Crippen LogP contribution in [-0.4, -0.2) is 268 Å². The van der Waals surface area contributed by atoms with Gasteiger partial charge in [0.1, 0.15) is 0 Å². The van der Waals surface area contributed by atoms with Crippen molar-refractivity contribution < 1.29 is 57.5 Å². The van der Waals surface area contributed by atoms with Gasteiger partial charge in [-0.05, 0) is 92.3 Å². The summed E-state index contributed by atoms with van der Waals surface area (Å²) in [7, 11) is 0. The molecule has 0 saturated heterocycles. The van der Waals surface area contributed by atoms with Gasteiger partial charge in [-0.15, -0.1) is 35.3 Å². The Labute approximate surface area is 579 Å². The van der Waals surface area contributed by atoms with Crippen LogP contribution in [0.5, 0.6) is 0 Å². The lowest BCUT2D eigenvalue weighted by Gasteiger charge is -2.16. The summed E-state index contributed by atoms with van der Waals surface area (Å²) in [5.74, 6) is 17.4. The Hall–Kier alpha value is -3.24. The van der Waals surface area contributed by atoms with Crippen LogP contribution < -0.4 is 0 Å². The van der Waals surface area contributed by atoms with Crippen LogP contribution in [0, 0.1) is 0 Å². The van der Waals surface area contributed by atoms with Crippen LogP contribution >= 0.6 is 141 Å². The number of nitrogens with zero attached hydrogens (tertiary/aromatic N) is 12. The largest absolute Gasteiger partial charge is 0.235 e. The quantitative estimate of drug-likeness (QED) is 0.0310. The maximum absolute atomic E-state index is 10.1. The summed E-state index contributed by atoms with van der Waals surface area (Å²) in [6, 6.07) is 0. The normalized spacial score (nSPS) is 10.9. The van der Waals surface area contributed by atoms with E-state index in [9.17, 15) is 57.5 Å². The second-order valence-electron chi connectivity index (χ2n) is 16.5. The molecule has 0 bridgehead atoms. The topological polar surface area (TPSA) is 353 Å². The minimum absolute atomic E-state index is 0.237. The molecule has 0 spiro atoms. The molecule has 90 heavy (non-hydrogen) atoms. The summed E-state index contributed by atoms with van der Waals surface area (Å²) >= 11 is 21.3. The Kier molecular flexibility index (Phi) is 93.1. The number of hydrogen-bond donors (Lipinski definition) is 0. The fourth-order valence-corrected chi connectivity index (χ4v) is 20.3. The lowest BCUT2D eigenvalue weighted by molar-refractivity contribution is 0.561. The summed E-state index contributed by atoms with van der Waals surface area (Å²) in [4.78, 5) is 162. The lowest BCUT2D eigenvalue weighted by atomic mass is 10.3. The summed E-state index contributed by atoms with van der Waals surface area (Å²) in [5, 5.41) is 1.79. The summed E-state index contributed by atoms with van der Waals surface area (Å²) in [6.45, 7) is 4.82. The lowest BCUT2D eigenvalue weighted by Crippen LogP contribution is -2.13. The molecule has 0 amide bonds. The van der Waals surface area contributed by atoms with Crippen molar-refractivity contribution in [3.63, 3.8) is 0 Å². The molecule has 0 N–H and O–H groups in total. The van der Waals surface area contributed by atoms with Gasteiger partial charge in [0, 0.05) is 84.3 Å². The first kappa shape index (κ1) is 93.2. The van der Waals surface area contributed by atoms with Gasteiger partial charge in [-0.25, -0.2) is 102 Å². The van der Waals surface area contributed by atoms with Crippen molar-refractivity contribution in [2.24, 2.45) is 59.9 Å². The highest BCUT2D eigenvalue weighted by Crippen LogP contribution is 2.26. The van der Waals surface area contributed by atoms with Crippen LogP contribution in [0.4, 0.5) is 0 Å². The third-order valence-corrected chi connectivity index (χ3v) is 25.3. The molecule has 0 unspecified atom stereocenters. The fraction of sp³-hybridized carbons (Fsp3) is 0.778. The van der Waals surface area contributed by atoms with Crippen LogP contribution in [-0.2, 0) is 57.5 Å². The highest BCUT2D eigenvalue weighted by Gasteiger charge is 2.13. The predicted octanol–water partition coefficient (Wildman–Crippen LogP) is 9.63. The minimum atomic E-state index is 0.237. The molecule has 0 aromatic carbocycles. The molecular weight excluding hydrogens is 1390 g/mol. The molecule has 0 rings (SSSR count). The van der Waals surface area contributed by atoms with E-state index in [0.29, 0.717) is 92.3 Å². The van der Waals surface area contributed by atoms with E-state index in [1.165, 1.54) is 71.8 Å². The number of hydrogen-bond acceptors (Lipinski definition) is 36. The van der Waals surface area contributed by atoms with Gasteiger partial charge < -0.3 is 0 Å². The molecule has 0 aromatic rings. The Morgan fingerprint density at radius 1 is 0.189 bits per heavy atom. The van der Waals surface area contributed by atoms with E-state index in [-0.39, 0.29) is 5.25 Å². The highest BCUT2D eigenvalue weighted by atomic mass is 32.2. The number of rotatable bonds is 62. The van der Waals surface area contributed by atoms with Crippen LogP contribution in [0.1, 0.15) is 57.8 Å².